The standard InChI is InChI=1S/C13H19NO/c1-2-8-15-9-7-13-12-6-4-3-5-11(12)10-14-13/h3-6,13-14H,2,7-10H2,1H3. The molecule has 2 nitrogen and oxygen atoms in total. The average Bonchev–Trinajstić information content (AvgIpc) is 2.68. The molecule has 0 spiro atoms. The molecule has 1 atom stereocenters. The maximum atomic E-state index is 5.52. The summed E-state index contributed by atoms with van der Waals surface area (Å²) in [5.74, 6) is 0. The molecule has 82 valence electrons. The Balaban J connectivity index is 1.85. The van der Waals surface area contributed by atoms with Crippen LogP contribution in [0.15, 0.2) is 24.3 Å². The second kappa shape index (κ2) is 5.29. The Morgan fingerprint density at radius 1 is 1.33 bits per heavy atom. The lowest BCUT2D eigenvalue weighted by molar-refractivity contribution is 0.125. The molecule has 0 radical (unpaired) electrons. The van der Waals surface area contributed by atoms with Gasteiger partial charge in [0.1, 0.15) is 0 Å². The van der Waals surface area contributed by atoms with Gasteiger partial charge in [0.15, 0.2) is 0 Å². The van der Waals surface area contributed by atoms with Gasteiger partial charge in [-0.25, -0.2) is 0 Å². The van der Waals surface area contributed by atoms with Gasteiger partial charge in [0, 0.05) is 25.8 Å². The van der Waals surface area contributed by atoms with Crippen molar-refractivity contribution in [2.24, 2.45) is 0 Å². The molecule has 2 rings (SSSR count). The molecular weight excluding hydrogens is 186 g/mol. The fourth-order valence-electron chi connectivity index (χ4n) is 2.08. The monoisotopic (exact) mass is 205 g/mol. The van der Waals surface area contributed by atoms with Crippen LogP contribution in [0.1, 0.15) is 36.9 Å². The molecule has 1 aromatic rings. The van der Waals surface area contributed by atoms with E-state index < -0.39 is 0 Å². The summed E-state index contributed by atoms with van der Waals surface area (Å²) < 4.78 is 5.52. The van der Waals surface area contributed by atoms with E-state index in [4.69, 9.17) is 4.74 Å². The van der Waals surface area contributed by atoms with E-state index in [1.165, 1.54) is 11.1 Å². The first kappa shape index (κ1) is 10.7. The van der Waals surface area contributed by atoms with Crippen LogP contribution in [0.25, 0.3) is 0 Å². The van der Waals surface area contributed by atoms with E-state index in [2.05, 4.69) is 36.5 Å². The zero-order valence-corrected chi connectivity index (χ0v) is 9.33. The van der Waals surface area contributed by atoms with E-state index in [0.717, 1.165) is 32.6 Å². The van der Waals surface area contributed by atoms with Crippen molar-refractivity contribution >= 4 is 0 Å². The van der Waals surface area contributed by atoms with Gasteiger partial charge in [-0.2, -0.15) is 0 Å². The lowest BCUT2D eigenvalue weighted by atomic mass is 10.0. The van der Waals surface area contributed by atoms with Crippen LogP contribution < -0.4 is 5.32 Å². The number of fused-ring (bicyclic) bond motifs is 1. The Hall–Kier alpha value is -0.860. The fraction of sp³-hybridized carbons (Fsp3) is 0.538. The first-order valence-electron chi connectivity index (χ1n) is 5.80. The third-order valence-electron chi connectivity index (χ3n) is 2.87. The Bertz CT molecular complexity index is 311. The summed E-state index contributed by atoms with van der Waals surface area (Å²) in [6.45, 7) is 4.89. The fourth-order valence-corrected chi connectivity index (χ4v) is 2.08. The second-order valence-electron chi connectivity index (χ2n) is 4.03. The zero-order chi connectivity index (χ0) is 10.5. The highest BCUT2D eigenvalue weighted by atomic mass is 16.5. The quantitative estimate of drug-likeness (QED) is 0.746. The molecule has 1 heterocycles. The average molecular weight is 205 g/mol. The van der Waals surface area contributed by atoms with E-state index >= 15 is 0 Å². The molecule has 1 N–H and O–H groups in total. The van der Waals surface area contributed by atoms with Crippen molar-refractivity contribution in [2.75, 3.05) is 13.2 Å². The maximum absolute atomic E-state index is 5.52. The zero-order valence-electron chi connectivity index (χ0n) is 9.33. The predicted molar refractivity (Wildman–Crippen MR) is 61.7 cm³/mol. The summed E-state index contributed by atoms with van der Waals surface area (Å²) in [4.78, 5) is 0. The smallest absolute Gasteiger partial charge is 0.0484 e. The molecule has 0 aromatic heterocycles. The largest absolute Gasteiger partial charge is 0.381 e. The van der Waals surface area contributed by atoms with Crippen LogP contribution >= 0.6 is 0 Å². The number of hydrogen-bond acceptors (Lipinski definition) is 2. The van der Waals surface area contributed by atoms with E-state index in [0.29, 0.717) is 6.04 Å². The van der Waals surface area contributed by atoms with Crippen molar-refractivity contribution in [3.63, 3.8) is 0 Å². The first-order chi connectivity index (χ1) is 7.42. The lowest BCUT2D eigenvalue weighted by Gasteiger charge is -2.11. The minimum absolute atomic E-state index is 0.498. The van der Waals surface area contributed by atoms with Gasteiger partial charge in [-0.1, -0.05) is 31.2 Å². The van der Waals surface area contributed by atoms with Gasteiger partial charge in [0.05, 0.1) is 0 Å². The third-order valence-corrected chi connectivity index (χ3v) is 2.87. The van der Waals surface area contributed by atoms with Gasteiger partial charge >= 0.3 is 0 Å². The molecular formula is C13H19NO. The summed E-state index contributed by atoms with van der Waals surface area (Å²) >= 11 is 0. The van der Waals surface area contributed by atoms with Gasteiger partial charge < -0.3 is 10.1 Å². The van der Waals surface area contributed by atoms with E-state index in [-0.39, 0.29) is 0 Å². The van der Waals surface area contributed by atoms with Crippen molar-refractivity contribution in [2.45, 2.75) is 32.4 Å². The number of hydrogen-bond donors (Lipinski definition) is 1. The molecule has 2 heteroatoms. The highest BCUT2D eigenvalue weighted by Crippen LogP contribution is 2.27. The van der Waals surface area contributed by atoms with Crippen molar-refractivity contribution in [3.05, 3.63) is 35.4 Å². The third kappa shape index (κ3) is 2.58. The van der Waals surface area contributed by atoms with E-state index in [1.807, 2.05) is 0 Å². The molecule has 1 unspecified atom stereocenters. The number of ether oxygens (including phenoxy) is 1. The minimum atomic E-state index is 0.498. The summed E-state index contributed by atoms with van der Waals surface area (Å²) in [7, 11) is 0. The number of rotatable bonds is 5. The molecule has 0 bridgehead atoms. The molecule has 0 saturated carbocycles. The summed E-state index contributed by atoms with van der Waals surface area (Å²) in [5, 5.41) is 3.52. The van der Waals surface area contributed by atoms with Crippen LogP contribution in [0.4, 0.5) is 0 Å². The lowest BCUT2D eigenvalue weighted by Crippen LogP contribution is -2.14. The first-order valence-corrected chi connectivity index (χ1v) is 5.80. The Morgan fingerprint density at radius 2 is 2.20 bits per heavy atom. The second-order valence-corrected chi connectivity index (χ2v) is 4.03. The van der Waals surface area contributed by atoms with Gasteiger partial charge in [-0.15, -0.1) is 0 Å². The number of benzene rings is 1. The Morgan fingerprint density at radius 3 is 3.07 bits per heavy atom. The topological polar surface area (TPSA) is 21.3 Å². The van der Waals surface area contributed by atoms with Crippen LogP contribution in [0, 0.1) is 0 Å². The van der Waals surface area contributed by atoms with Gasteiger partial charge in [-0.3, -0.25) is 0 Å². The van der Waals surface area contributed by atoms with E-state index in [9.17, 15) is 0 Å². The van der Waals surface area contributed by atoms with Crippen molar-refractivity contribution < 1.29 is 4.74 Å². The normalized spacial score (nSPS) is 19.1. The summed E-state index contributed by atoms with van der Waals surface area (Å²) in [6.07, 6.45) is 2.19. The van der Waals surface area contributed by atoms with Crippen molar-refractivity contribution in [1.82, 2.24) is 5.32 Å². The van der Waals surface area contributed by atoms with Crippen LogP contribution in [-0.2, 0) is 11.3 Å². The molecule has 0 saturated heterocycles. The summed E-state index contributed by atoms with van der Waals surface area (Å²) in [6, 6.07) is 9.15. The Kier molecular flexibility index (Phi) is 3.75. The maximum Gasteiger partial charge on any atom is 0.0484 e. The van der Waals surface area contributed by atoms with Crippen LogP contribution in [0.5, 0.6) is 0 Å². The highest BCUT2D eigenvalue weighted by molar-refractivity contribution is 5.33. The van der Waals surface area contributed by atoms with Crippen LogP contribution in [0.2, 0.25) is 0 Å². The highest BCUT2D eigenvalue weighted by Gasteiger charge is 2.20. The Labute approximate surface area is 91.6 Å². The van der Waals surface area contributed by atoms with Gasteiger partial charge in [0.25, 0.3) is 0 Å². The van der Waals surface area contributed by atoms with Crippen molar-refractivity contribution in [3.8, 4) is 0 Å². The molecule has 1 aliphatic rings. The molecule has 0 amide bonds. The molecule has 0 fully saturated rings. The molecule has 0 aliphatic carbocycles. The summed E-state index contributed by atoms with van der Waals surface area (Å²) in [5.41, 5.74) is 2.90. The SMILES string of the molecule is CCCOCCC1NCc2ccccc21. The van der Waals surface area contributed by atoms with Crippen molar-refractivity contribution in [1.29, 1.82) is 0 Å². The van der Waals surface area contributed by atoms with Gasteiger partial charge in [0.2, 0.25) is 0 Å². The molecule has 15 heavy (non-hydrogen) atoms. The van der Waals surface area contributed by atoms with E-state index in [1.54, 1.807) is 0 Å². The molecule has 1 aromatic carbocycles. The van der Waals surface area contributed by atoms with Gasteiger partial charge in [-0.05, 0) is 24.0 Å². The van der Waals surface area contributed by atoms with Crippen LogP contribution in [0.3, 0.4) is 0 Å². The van der Waals surface area contributed by atoms with Crippen LogP contribution in [-0.4, -0.2) is 13.2 Å². The number of nitrogens with one attached hydrogen (secondary N) is 1. The minimum Gasteiger partial charge on any atom is -0.381 e. The predicted octanol–water partition coefficient (Wildman–Crippen LogP) is 2.65. The molecule has 1 aliphatic heterocycles.